The molecule has 2 N–H and O–H groups in total. The van der Waals surface area contributed by atoms with E-state index in [0.29, 0.717) is 30.7 Å². The fraction of sp³-hybridized carbons (Fsp3) is 0.863. The van der Waals surface area contributed by atoms with Gasteiger partial charge in [0.25, 0.3) is 0 Å². The van der Waals surface area contributed by atoms with Gasteiger partial charge < -0.3 is 25.0 Å². The van der Waals surface area contributed by atoms with Gasteiger partial charge in [0.2, 0.25) is 5.78 Å². The molecule has 344 valence electrons. The third-order valence-electron chi connectivity index (χ3n) is 12.0. The summed E-state index contributed by atoms with van der Waals surface area (Å²) in [6.07, 6.45) is 39.1. The van der Waals surface area contributed by atoms with Crippen LogP contribution in [0.1, 0.15) is 239 Å². The molecule has 1 aliphatic rings. The summed E-state index contributed by atoms with van der Waals surface area (Å²) >= 11 is 0. The molecule has 0 aliphatic heterocycles. The lowest BCUT2D eigenvalue weighted by Gasteiger charge is -2.26. The van der Waals surface area contributed by atoms with Gasteiger partial charge in [-0.15, -0.1) is 0 Å². The zero-order chi connectivity index (χ0) is 43.0. The quantitative estimate of drug-likeness (QED) is 0.0356. The molecule has 8 heteroatoms. The highest BCUT2D eigenvalue weighted by molar-refractivity contribution is 6.18. The van der Waals surface area contributed by atoms with Gasteiger partial charge in [-0.1, -0.05) is 169 Å². The van der Waals surface area contributed by atoms with Crippen LogP contribution in [0, 0.1) is 0 Å². The van der Waals surface area contributed by atoms with Crippen molar-refractivity contribution in [3.63, 3.8) is 0 Å². The van der Waals surface area contributed by atoms with E-state index >= 15 is 0 Å². The Balaban J connectivity index is 2.36. The molecule has 0 heterocycles. The van der Waals surface area contributed by atoms with Gasteiger partial charge in [-0.05, 0) is 83.8 Å². The van der Waals surface area contributed by atoms with Crippen molar-refractivity contribution in [1.82, 2.24) is 15.5 Å². The lowest BCUT2D eigenvalue weighted by molar-refractivity contribution is -0.150. The monoisotopic (exact) mass is 830 g/mol. The highest BCUT2D eigenvalue weighted by Gasteiger charge is 2.30. The Labute approximate surface area is 364 Å². The second-order valence-corrected chi connectivity index (χ2v) is 17.5. The molecule has 0 unspecified atom stereocenters. The van der Waals surface area contributed by atoms with Crippen LogP contribution in [0.5, 0.6) is 0 Å². The Morgan fingerprint density at radius 1 is 0.542 bits per heavy atom. The molecule has 1 aliphatic carbocycles. The van der Waals surface area contributed by atoms with Crippen LogP contribution in [0.4, 0.5) is 0 Å². The maximum Gasteiger partial charge on any atom is 0.306 e. The van der Waals surface area contributed by atoms with Gasteiger partial charge in [0, 0.05) is 32.0 Å². The van der Waals surface area contributed by atoms with Crippen molar-refractivity contribution in [2.75, 3.05) is 39.8 Å². The van der Waals surface area contributed by atoms with Crippen LogP contribution < -0.4 is 10.6 Å². The van der Waals surface area contributed by atoms with Gasteiger partial charge >= 0.3 is 11.9 Å². The van der Waals surface area contributed by atoms with E-state index < -0.39 is 0 Å². The summed E-state index contributed by atoms with van der Waals surface area (Å²) in [5.41, 5.74) is 2.06. The summed E-state index contributed by atoms with van der Waals surface area (Å²) in [6.45, 7) is 15.1. The molecule has 0 amide bonds. The molecule has 0 bridgehead atoms. The molecule has 8 nitrogen and oxygen atoms in total. The van der Waals surface area contributed by atoms with Crippen LogP contribution in [0.15, 0.2) is 23.5 Å². The number of esters is 2. The van der Waals surface area contributed by atoms with E-state index in [-0.39, 0.29) is 23.8 Å². The number of unbranched alkanes of at least 4 members (excludes halogenated alkanes) is 24. The molecule has 0 radical (unpaired) electrons. The van der Waals surface area contributed by atoms with Crippen LogP contribution in [0.3, 0.4) is 0 Å². The second-order valence-electron chi connectivity index (χ2n) is 17.5. The summed E-state index contributed by atoms with van der Waals surface area (Å²) in [5, 5.41) is 6.42. The first-order chi connectivity index (χ1) is 28.9. The number of nitrogens with zero attached hydrogens (tertiary/aromatic N) is 1. The minimum atomic E-state index is -0.0348. The Bertz CT molecular complexity index is 1080. The van der Waals surface area contributed by atoms with Crippen LogP contribution in [-0.4, -0.2) is 68.6 Å². The number of rotatable bonds is 45. The maximum atomic E-state index is 12.9. The summed E-state index contributed by atoms with van der Waals surface area (Å²) in [7, 11) is 1.83. The van der Waals surface area contributed by atoms with Crippen LogP contribution in [-0.2, 0) is 23.9 Å². The fourth-order valence-corrected chi connectivity index (χ4v) is 8.16. The first-order valence-electron chi connectivity index (χ1n) is 25.3. The topological polar surface area (TPSA) is 97.0 Å². The molecule has 0 spiro atoms. The Morgan fingerprint density at radius 3 is 1.47 bits per heavy atom. The first-order valence-corrected chi connectivity index (χ1v) is 25.3. The SMILES string of the molecule is C=C1C(=O)C(NCCCN(CCCCCCCC(=O)OCCCCCCCCC)CCCCCCCC(=O)OC(CCCCCCCC)CCCCCCCC)=C1NC. The van der Waals surface area contributed by atoms with E-state index in [0.717, 1.165) is 115 Å². The fourth-order valence-electron chi connectivity index (χ4n) is 8.16. The van der Waals surface area contributed by atoms with Gasteiger partial charge in [0.1, 0.15) is 11.8 Å². The molecule has 1 rings (SSSR count). The number of hydrogen-bond donors (Lipinski definition) is 2. The zero-order valence-electron chi connectivity index (χ0n) is 39.4. The van der Waals surface area contributed by atoms with Crippen molar-refractivity contribution in [3.05, 3.63) is 23.5 Å². The van der Waals surface area contributed by atoms with E-state index in [1.807, 2.05) is 7.05 Å². The minimum absolute atomic E-state index is 0.0102. The molecule has 0 fully saturated rings. The summed E-state index contributed by atoms with van der Waals surface area (Å²) < 4.78 is 11.5. The molecule has 0 aromatic heterocycles. The van der Waals surface area contributed by atoms with Crippen molar-refractivity contribution in [2.24, 2.45) is 0 Å². The van der Waals surface area contributed by atoms with Crippen molar-refractivity contribution >= 4 is 17.7 Å². The third-order valence-corrected chi connectivity index (χ3v) is 12.0. The van der Waals surface area contributed by atoms with Crippen LogP contribution >= 0.6 is 0 Å². The normalized spacial score (nSPS) is 12.8. The van der Waals surface area contributed by atoms with Crippen molar-refractivity contribution in [1.29, 1.82) is 0 Å². The van der Waals surface area contributed by atoms with Gasteiger partial charge in [0.05, 0.1) is 12.3 Å². The number of Topliss-reactive ketones (excluding diaryl/α,β-unsaturated/α-hetero) is 1. The Hall–Kier alpha value is -2.35. The molecule has 0 saturated heterocycles. The standard InChI is InChI=1S/C51H95N3O5/c1-6-9-12-15-18-27-34-44-58-47(55)38-30-23-19-25-32-41-54(43-35-40-53-50-49(52-5)45(4)51(50)57)42-33-26-20-24-31-39-48(56)59-46(36-28-21-16-13-10-7-2)37-29-22-17-14-11-8-3/h46,52-53H,4,6-44H2,1-3,5H3. The van der Waals surface area contributed by atoms with E-state index in [9.17, 15) is 14.4 Å². The molecule has 59 heavy (non-hydrogen) atoms. The first kappa shape index (κ1) is 54.7. The predicted molar refractivity (Wildman–Crippen MR) is 250 cm³/mol. The number of ketones is 1. The summed E-state index contributed by atoms with van der Waals surface area (Å²) in [5.74, 6) is -0.00879. The lowest BCUT2D eigenvalue weighted by Crippen LogP contribution is -2.38. The number of hydrogen-bond acceptors (Lipinski definition) is 8. The molecule has 0 atom stereocenters. The molecule has 0 saturated carbocycles. The Morgan fingerprint density at radius 2 is 0.966 bits per heavy atom. The summed E-state index contributed by atoms with van der Waals surface area (Å²) in [4.78, 5) is 39.8. The molecule has 0 aromatic rings. The minimum Gasteiger partial charge on any atom is -0.466 e. The second kappa shape index (κ2) is 39.8. The average molecular weight is 830 g/mol. The average Bonchev–Trinajstić information content (AvgIpc) is 3.23. The van der Waals surface area contributed by atoms with Crippen molar-refractivity contribution in [2.45, 2.75) is 245 Å². The number of allylic oxidation sites excluding steroid dienone is 2. The Kier molecular flexibility index (Phi) is 36.8. The highest BCUT2D eigenvalue weighted by Crippen LogP contribution is 2.24. The van der Waals surface area contributed by atoms with Gasteiger partial charge in [-0.3, -0.25) is 14.4 Å². The predicted octanol–water partition coefficient (Wildman–Crippen LogP) is 13.2. The van der Waals surface area contributed by atoms with E-state index in [1.54, 1.807) is 0 Å². The molecule has 0 aromatic carbocycles. The molecular weight excluding hydrogens is 735 g/mol. The van der Waals surface area contributed by atoms with Crippen LogP contribution in [0.25, 0.3) is 0 Å². The van der Waals surface area contributed by atoms with E-state index in [1.165, 1.54) is 122 Å². The van der Waals surface area contributed by atoms with Crippen molar-refractivity contribution in [3.8, 4) is 0 Å². The zero-order valence-corrected chi connectivity index (χ0v) is 39.4. The number of ether oxygens (including phenoxy) is 2. The van der Waals surface area contributed by atoms with Crippen molar-refractivity contribution < 1.29 is 23.9 Å². The third kappa shape index (κ3) is 30.3. The van der Waals surface area contributed by atoms with Gasteiger partial charge in [-0.25, -0.2) is 0 Å². The maximum absolute atomic E-state index is 12.9. The number of nitrogens with one attached hydrogen (secondary N) is 2. The van der Waals surface area contributed by atoms with E-state index in [2.05, 4.69) is 42.9 Å². The van der Waals surface area contributed by atoms with E-state index in [4.69, 9.17) is 9.47 Å². The van der Waals surface area contributed by atoms with Gasteiger partial charge in [-0.2, -0.15) is 0 Å². The smallest absolute Gasteiger partial charge is 0.306 e. The van der Waals surface area contributed by atoms with Gasteiger partial charge in [0.15, 0.2) is 0 Å². The lowest BCUT2D eigenvalue weighted by atomic mass is 9.93. The van der Waals surface area contributed by atoms with Crippen LogP contribution in [0.2, 0.25) is 0 Å². The summed E-state index contributed by atoms with van der Waals surface area (Å²) in [6, 6.07) is 0. The highest BCUT2D eigenvalue weighted by atomic mass is 16.5. The number of likely N-dealkylation sites (N-methyl/N-ethyl adjacent to an activating group) is 1. The number of carbonyl (C=O) groups is 3. The molecular formula is C51H95N3O5. The number of carbonyl (C=O) groups excluding carboxylic acids is 3. The largest absolute Gasteiger partial charge is 0.466 e.